The van der Waals surface area contributed by atoms with Crippen molar-refractivity contribution in [3.63, 3.8) is 0 Å². The van der Waals surface area contributed by atoms with Crippen molar-refractivity contribution in [3.05, 3.63) is 71.8 Å². The van der Waals surface area contributed by atoms with E-state index in [-0.39, 0.29) is 25.2 Å². The number of aliphatic hydroxyl groups is 1. The molecule has 1 aliphatic carbocycles. The Morgan fingerprint density at radius 3 is 2.68 bits per heavy atom. The van der Waals surface area contributed by atoms with Crippen molar-refractivity contribution in [2.45, 2.75) is 37.3 Å². The molecule has 0 bridgehead atoms. The lowest BCUT2D eigenvalue weighted by atomic mass is 9.95. The predicted octanol–water partition coefficient (Wildman–Crippen LogP) is 3.35. The van der Waals surface area contributed by atoms with Crippen LogP contribution in [0.15, 0.2) is 65.7 Å². The minimum atomic E-state index is -0.959. The zero-order valence-corrected chi connectivity index (χ0v) is 17.5. The summed E-state index contributed by atoms with van der Waals surface area (Å²) in [6.07, 6.45) is 7.11. The van der Waals surface area contributed by atoms with E-state index in [1.807, 2.05) is 66.7 Å². The number of nitrogens with one attached hydrogen (secondary N) is 1. The Balaban J connectivity index is 1.50. The zero-order valence-electron chi connectivity index (χ0n) is 17.5. The molecule has 2 aliphatic rings. The monoisotopic (exact) mass is 420 g/mol. The first-order valence-corrected chi connectivity index (χ1v) is 10.8. The summed E-state index contributed by atoms with van der Waals surface area (Å²) in [5.74, 6) is 1.12. The Morgan fingerprint density at radius 2 is 1.97 bits per heavy atom. The van der Waals surface area contributed by atoms with Gasteiger partial charge < -0.3 is 19.9 Å². The molecule has 1 amide bonds. The van der Waals surface area contributed by atoms with Crippen LogP contribution in [0.2, 0.25) is 0 Å². The molecule has 0 radical (unpaired) electrons. The van der Waals surface area contributed by atoms with Crippen LogP contribution in [0.3, 0.4) is 0 Å². The lowest BCUT2D eigenvalue weighted by Crippen LogP contribution is -2.47. The number of aliphatic hydroxyl groups excluding tert-OH is 1. The van der Waals surface area contributed by atoms with Crippen molar-refractivity contribution in [2.24, 2.45) is 4.99 Å². The van der Waals surface area contributed by atoms with Gasteiger partial charge >= 0.3 is 0 Å². The fourth-order valence-corrected chi connectivity index (χ4v) is 3.36. The van der Waals surface area contributed by atoms with Gasteiger partial charge in [0.15, 0.2) is 5.54 Å². The molecule has 31 heavy (non-hydrogen) atoms. The van der Waals surface area contributed by atoms with Gasteiger partial charge in [0.05, 0.1) is 6.61 Å². The van der Waals surface area contributed by atoms with E-state index in [1.54, 1.807) is 0 Å². The van der Waals surface area contributed by atoms with Gasteiger partial charge in [0.25, 0.3) is 5.91 Å². The first kappa shape index (κ1) is 21.1. The molecule has 4 rings (SSSR count). The van der Waals surface area contributed by atoms with Crippen LogP contribution >= 0.6 is 0 Å². The maximum absolute atomic E-state index is 13.1. The molecule has 0 spiro atoms. The third-order valence-electron chi connectivity index (χ3n) is 5.34. The highest BCUT2D eigenvalue weighted by atomic mass is 16.5. The summed E-state index contributed by atoms with van der Waals surface area (Å²) < 4.78 is 11.5. The second-order valence-electron chi connectivity index (χ2n) is 7.95. The van der Waals surface area contributed by atoms with Crippen molar-refractivity contribution < 1.29 is 19.4 Å². The molecule has 6 heteroatoms. The van der Waals surface area contributed by atoms with E-state index < -0.39 is 5.54 Å². The SMILES string of the molecule is O=C(NC1CC1)[C@@]1(C/C=C/c2ccccc2)COC(c2ccc(OCCCO)cc2)=N1. The minimum absolute atomic E-state index is 0.0772. The van der Waals surface area contributed by atoms with E-state index in [1.165, 1.54) is 0 Å². The standard InChI is InChI=1S/C25H28N2O4/c28-16-5-17-30-22-13-9-20(10-14-22)23-27-25(18-31-23,24(29)26-21-11-12-21)15-4-8-19-6-2-1-3-7-19/h1-4,6-10,13-14,21,28H,5,11-12,15-18H2,(H,26,29)/b8-4+/t25-/m1/s1. The maximum Gasteiger partial charge on any atom is 0.252 e. The van der Waals surface area contributed by atoms with Gasteiger partial charge in [0, 0.05) is 31.1 Å². The molecular weight excluding hydrogens is 392 g/mol. The first-order chi connectivity index (χ1) is 15.2. The molecule has 2 N–H and O–H groups in total. The number of amides is 1. The summed E-state index contributed by atoms with van der Waals surface area (Å²) in [5, 5.41) is 12.0. The highest BCUT2D eigenvalue weighted by molar-refractivity contribution is 6.00. The number of nitrogens with zero attached hydrogens (tertiary/aromatic N) is 1. The molecule has 2 aromatic rings. The molecule has 0 aromatic heterocycles. The summed E-state index contributed by atoms with van der Waals surface area (Å²) in [7, 11) is 0. The Bertz CT molecular complexity index is 936. The summed E-state index contributed by atoms with van der Waals surface area (Å²) in [6, 6.07) is 17.7. The van der Waals surface area contributed by atoms with Gasteiger partial charge in [0.1, 0.15) is 12.4 Å². The molecule has 1 aliphatic heterocycles. The van der Waals surface area contributed by atoms with Gasteiger partial charge in [-0.05, 0) is 42.7 Å². The molecule has 2 aromatic carbocycles. The first-order valence-electron chi connectivity index (χ1n) is 10.8. The molecule has 6 nitrogen and oxygen atoms in total. The second-order valence-corrected chi connectivity index (χ2v) is 7.95. The van der Waals surface area contributed by atoms with Crippen molar-refractivity contribution in [3.8, 4) is 5.75 Å². The highest BCUT2D eigenvalue weighted by Gasteiger charge is 2.45. The third-order valence-corrected chi connectivity index (χ3v) is 5.34. The van der Waals surface area contributed by atoms with E-state index in [0.717, 1.165) is 29.7 Å². The Hall–Kier alpha value is -3.12. The minimum Gasteiger partial charge on any atom is -0.494 e. The lowest BCUT2D eigenvalue weighted by Gasteiger charge is -2.21. The third kappa shape index (κ3) is 5.52. The number of carbonyl (C=O) groups excluding carboxylic acids is 1. The van der Waals surface area contributed by atoms with Crippen LogP contribution < -0.4 is 10.1 Å². The number of hydrogen-bond acceptors (Lipinski definition) is 5. The van der Waals surface area contributed by atoms with Gasteiger partial charge in [0.2, 0.25) is 5.90 Å². The molecular formula is C25H28N2O4. The van der Waals surface area contributed by atoms with Crippen molar-refractivity contribution in [2.75, 3.05) is 19.8 Å². The quantitative estimate of drug-likeness (QED) is 0.578. The second kappa shape index (κ2) is 9.79. The summed E-state index contributed by atoms with van der Waals surface area (Å²) in [6.45, 7) is 0.784. The Labute approximate surface area is 182 Å². The summed E-state index contributed by atoms with van der Waals surface area (Å²) in [5.41, 5.74) is 0.933. The van der Waals surface area contributed by atoms with E-state index in [2.05, 4.69) is 5.32 Å². The number of rotatable bonds is 10. The Kier molecular flexibility index (Phi) is 6.67. The summed E-state index contributed by atoms with van der Waals surface area (Å²) in [4.78, 5) is 17.8. The van der Waals surface area contributed by atoms with Crippen molar-refractivity contribution >= 4 is 17.9 Å². The normalized spacial score (nSPS) is 20.4. The van der Waals surface area contributed by atoms with Crippen LogP contribution in [0.5, 0.6) is 5.75 Å². The van der Waals surface area contributed by atoms with Gasteiger partial charge in [-0.2, -0.15) is 0 Å². The molecule has 0 saturated heterocycles. The number of aliphatic imine (C=N–C) groups is 1. The van der Waals surface area contributed by atoms with E-state index in [0.29, 0.717) is 25.3 Å². The van der Waals surface area contributed by atoms with Gasteiger partial charge in [-0.1, -0.05) is 42.5 Å². The van der Waals surface area contributed by atoms with Crippen molar-refractivity contribution in [1.29, 1.82) is 0 Å². The average molecular weight is 421 g/mol. The van der Waals surface area contributed by atoms with Crippen LogP contribution in [0.1, 0.15) is 36.8 Å². The van der Waals surface area contributed by atoms with E-state index in [4.69, 9.17) is 19.6 Å². The largest absolute Gasteiger partial charge is 0.494 e. The van der Waals surface area contributed by atoms with E-state index >= 15 is 0 Å². The molecule has 1 saturated carbocycles. The maximum atomic E-state index is 13.1. The number of hydrogen-bond donors (Lipinski definition) is 2. The topological polar surface area (TPSA) is 80.2 Å². The molecule has 1 atom stereocenters. The molecule has 1 heterocycles. The number of benzene rings is 2. The molecule has 1 fully saturated rings. The van der Waals surface area contributed by atoms with Gasteiger partial charge in [-0.25, -0.2) is 4.99 Å². The van der Waals surface area contributed by atoms with Crippen LogP contribution in [-0.2, 0) is 9.53 Å². The fraction of sp³-hybridized carbons (Fsp3) is 0.360. The van der Waals surface area contributed by atoms with Crippen LogP contribution in [0.4, 0.5) is 0 Å². The number of ether oxygens (including phenoxy) is 2. The van der Waals surface area contributed by atoms with Crippen LogP contribution in [0, 0.1) is 0 Å². The van der Waals surface area contributed by atoms with Gasteiger partial charge in [-0.15, -0.1) is 0 Å². The van der Waals surface area contributed by atoms with Gasteiger partial charge in [-0.3, -0.25) is 4.79 Å². The van der Waals surface area contributed by atoms with Crippen molar-refractivity contribution in [1.82, 2.24) is 5.32 Å². The molecule has 162 valence electrons. The van der Waals surface area contributed by atoms with E-state index in [9.17, 15) is 4.79 Å². The lowest BCUT2D eigenvalue weighted by molar-refractivity contribution is -0.126. The Morgan fingerprint density at radius 1 is 1.19 bits per heavy atom. The average Bonchev–Trinajstić information content (AvgIpc) is 3.51. The fourth-order valence-electron chi connectivity index (χ4n) is 3.36. The van der Waals surface area contributed by atoms with Crippen LogP contribution in [-0.4, -0.2) is 48.3 Å². The zero-order chi connectivity index (χ0) is 21.5. The highest BCUT2D eigenvalue weighted by Crippen LogP contribution is 2.29. The smallest absolute Gasteiger partial charge is 0.252 e. The molecule has 0 unspecified atom stereocenters. The predicted molar refractivity (Wildman–Crippen MR) is 120 cm³/mol. The number of carbonyl (C=O) groups is 1. The van der Waals surface area contributed by atoms with Crippen LogP contribution in [0.25, 0.3) is 6.08 Å². The summed E-state index contributed by atoms with van der Waals surface area (Å²) >= 11 is 0.